The molecule has 0 bridgehead atoms. The standard InChI is InChI=1S/C19H29N3O3/c1-6-17(25-7-2)19(24)21(5)15-8-9-22(12-15)18(23)16-10-13(3)14(4)11-20-16/h10-11,15,17H,6-9,12H2,1-5H3. The minimum absolute atomic E-state index is 0.00652. The number of likely N-dealkylation sites (tertiary alicyclic amines) is 1. The summed E-state index contributed by atoms with van der Waals surface area (Å²) in [4.78, 5) is 33.0. The first-order valence-corrected chi connectivity index (χ1v) is 8.99. The number of amides is 2. The summed E-state index contributed by atoms with van der Waals surface area (Å²) in [5, 5.41) is 0. The van der Waals surface area contributed by atoms with Gasteiger partial charge in [0.25, 0.3) is 11.8 Å². The first-order chi connectivity index (χ1) is 11.9. The average molecular weight is 347 g/mol. The minimum atomic E-state index is -0.402. The van der Waals surface area contributed by atoms with Crippen molar-refractivity contribution in [3.8, 4) is 0 Å². The van der Waals surface area contributed by atoms with Crippen LogP contribution in [0.2, 0.25) is 0 Å². The molecular weight excluding hydrogens is 318 g/mol. The Bertz CT molecular complexity index is 632. The lowest BCUT2D eigenvalue weighted by molar-refractivity contribution is -0.144. The third-order valence-electron chi connectivity index (χ3n) is 4.95. The monoisotopic (exact) mass is 347 g/mol. The molecule has 0 N–H and O–H groups in total. The number of ether oxygens (including phenoxy) is 1. The second kappa shape index (κ2) is 8.43. The minimum Gasteiger partial charge on any atom is -0.369 e. The van der Waals surface area contributed by atoms with E-state index >= 15 is 0 Å². The Morgan fingerprint density at radius 1 is 1.36 bits per heavy atom. The van der Waals surface area contributed by atoms with Gasteiger partial charge in [-0.05, 0) is 50.8 Å². The molecule has 6 heteroatoms. The lowest BCUT2D eigenvalue weighted by Crippen LogP contribution is -2.45. The zero-order valence-corrected chi connectivity index (χ0v) is 15.9. The smallest absolute Gasteiger partial charge is 0.272 e. The van der Waals surface area contributed by atoms with Crippen molar-refractivity contribution in [3.05, 3.63) is 29.1 Å². The van der Waals surface area contributed by atoms with E-state index in [-0.39, 0.29) is 17.9 Å². The summed E-state index contributed by atoms with van der Waals surface area (Å²) in [7, 11) is 1.80. The summed E-state index contributed by atoms with van der Waals surface area (Å²) in [5.41, 5.74) is 2.60. The Morgan fingerprint density at radius 2 is 2.08 bits per heavy atom. The van der Waals surface area contributed by atoms with Crippen LogP contribution in [-0.2, 0) is 9.53 Å². The zero-order valence-electron chi connectivity index (χ0n) is 15.9. The van der Waals surface area contributed by atoms with Gasteiger partial charge in [-0.15, -0.1) is 0 Å². The second-order valence-electron chi connectivity index (χ2n) is 6.65. The molecule has 2 atom stereocenters. The fourth-order valence-corrected chi connectivity index (χ4v) is 3.12. The van der Waals surface area contributed by atoms with Crippen LogP contribution in [0.3, 0.4) is 0 Å². The Balaban J connectivity index is 2.01. The van der Waals surface area contributed by atoms with Crippen LogP contribution in [0.5, 0.6) is 0 Å². The van der Waals surface area contributed by atoms with Gasteiger partial charge in [0, 0.05) is 32.9 Å². The van der Waals surface area contributed by atoms with Gasteiger partial charge < -0.3 is 14.5 Å². The molecule has 1 fully saturated rings. The predicted molar refractivity (Wildman–Crippen MR) is 96.5 cm³/mol. The van der Waals surface area contributed by atoms with Gasteiger partial charge in [-0.2, -0.15) is 0 Å². The number of carbonyl (C=O) groups is 2. The van der Waals surface area contributed by atoms with Crippen LogP contribution in [0.4, 0.5) is 0 Å². The van der Waals surface area contributed by atoms with Crippen molar-refractivity contribution >= 4 is 11.8 Å². The molecule has 2 rings (SSSR count). The summed E-state index contributed by atoms with van der Waals surface area (Å²) in [6.45, 7) is 9.49. The molecular formula is C19H29N3O3. The van der Waals surface area contributed by atoms with E-state index in [1.807, 2.05) is 33.8 Å². The number of aromatic nitrogens is 1. The van der Waals surface area contributed by atoms with Gasteiger partial charge in [-0.1, -0.05) is 6.92 Å². The van der Waals surface area contributed by atoms with Gasteiger partial charge in [0.2, 0.25) is 0 Å². The van der Waals surface area contributed by atoms with Crippen molar-refractivity contribution in [2.45, 2.75) is 52.7 Å². The molecule has 25 heavy (non-hydrogen) atoms. The predicted octanol–water partition coefficient (Wildman–Crippen LogP) is 2.19. The highest BCUT2D eigenvalue weighted by molar-refractivity contribution is 5.92. The molecule has 2 unspecified atom stereocenters. The molecule has 1 aromatic heterocycles. The molecule has 0 spiro atoms. The highest BCUT2D eigenvalue weighted by atomic mass is 16.5. The molecule has 0 aromatic carbocycles. The number of rotatable bonds is 6. The van der Waals surface area contributed by atoms with E-state index in [0.717, 1.165) is 17.5 Å². The second-order valence-corrected chi connectivity index (χ2v) is 6.65. The van der Waals surface area contributed by atoms with Crippen LogP contribution < -0.4 is 0 Å². The summed E-state index contributed by atoms with van der Waals surface area (Å²) >= 11 is 0. The van der Waals surface area contributed by atoms with Crippen molar-refractivity contribution in [3.63, 3.8) is 0 Å². The third kappa shape index (κ3) is 4.37. The fraction of sp³-hybridized carbons (Fsp3) is 0.632. The van der Waals surface area contributed by atoms with E-state index in [9.17, 15) is 9.59 Å². The van der Waals surface area contributed by atoms with Crippen LogP contribution in [0, 0.1) is 13.8 Å². The molecule has 0 aliphatic carbocycles. The maximum absolute atomic E-state index is 12.7. The number of carbonyl (C=O) groups excluding carboxylic acids is 2. The molecule has 1 aliphatic rings. The van der Waals surface area contributed by atoms with Crippen LogP contribution >= 0.6 is 0 Å². The molecule has 138 valence electrons. The lowest BCUT2D eigenvalue weighted by atomic mass is 10.1. The number of hydrogen-bond acceptors (Lipinski definition) is 4. The molecule has 6 nitrogen and oxygen atoms in total. The number of pyridine rings is 1. The van der Waals surface area contributed by atoms with E-state index in [1.165, 1.54) is 0 Å². The Labute approximate surface area is 150 Å². The summed E-state index contributed by atoms with van der Waals surface area (Å²) < 4.78 is 5.52. The van der Waals surface area contributed by atoms with E-state index in [4.69, 9.17) is 4.74 Å². The van der Waals surface area contributed by atoms with Crippen LogP contribution in [0.1, 0.15) is 48.3 Å². The van der Waals surface area contributed by atoms with Gasteiger partial charge in [-0.3, -0.25) is 14.6 Å². The van der Waals surface area contributed by atoms with E-state index in [0.29, 0.717) is 31.8 Å². The fourth-order valence-electron chi connectivity index (χ4n) is 3.12. The number of aryl methyl sites for hydroxylation is 2. The Hall–Kier alpha value is -1.95. The third-order valence-corrected chi connectivity index (χ3v) is 4.95. The number of hydrogen-bond donors (Lipinski definition) is 0. The van der Waals surface area contributed by atoms with Gasteiger partial charge >= 0.3 is 0 Å². The Morgan fingerprint density at radius 3 is 2.68 bits per heavy atom. The van der Waals surface area contributed by atoms with Gasteiger partial charge in [-0.25, -0.2) is 0 Å². The molecule has 0 saturated carbocycles. The van der Waals surface area contributed by atoms with E-state index in [1.54, 1.807) is 23.0 Å². The lowest BCUT2D eigenvalue weighted by Gasteiger charge is -2.28. The maximum Gasteiger partial charge on any atom is 0.272 e. The van der Waals surface area contributed by atoms with Gasteiger partial charge in [0.15, 0.2) is 0 Å². The van der Waals surface area contributed by atoms with Crippen molar-refractivity contribution in [1.82, 2.24) is 14.8 Å². The maximum atomic E-state index is 12.7. The summed E-state index contributed by atoms with van der Waals surface area (Å²) in [6.07, 6.45) is 2.76. The molecule has 1 saturated heterocycles. The molecule has 2 heterocycles. The largest absolute Gasteiger partial charge is 0.369 e. The summed E-state index contributed by atoms with van der Waals surface area (Å²) in [5.74, 6) is -0.0729. The van der Waals surface area contributed by atoms with Crippen LogP contribution in [0.25, 0.3) is 0 Å². The van der Waals surface area contributed by atoms with Gasteiger partial charge in [0.1, 0.15) is 11.8 Å². The van der Waals surface area contributed by atoms with Gasteiger partial charge in [0.05, 0.1) is 6.04 Å². The van der Waals surface area contributed by atoms with Crippen molar-refractivity contribution in [2.75, 3.05) is 26.7 Å². The highest BCUT2D eigenvalue weighted by Gasteiger charge is 2.34. The SMILES string of the molecule is CCOC(CC)C(=O)N(C)C1CCN(C(=O)c2cc(C)c(C)cn2)C1. The average Bonchev–Trinajstić information content (AvgIpc) is 3.10. The molecule has 1 aliphatic heterocycles. The number of likely N-dealkylation sites (N-methyl/N-ethyl adjacent to an activating group) is 1. The van der Waals surface area contributed by atoms with E-state index < -0.39 is 6.10 Å². The van der Waals surface area contributed by atoms with E-state index in [2.05, 4.69) is 4.98 Å². The first kappa shape index (κ1) is 19.4. The van der Waals surface area contributed by atoms with Crippen molar-refractivity contribution < 1.29 is 14.3 Å². The Kier molecular flexibility index (Phi) is 6.53. The normalized spacial score (nSPS) is 18.3. The number of nitrogens with zero attached hydrogens (tertiary/aromatic N) is 3. The van der Waals surface area contributed by atoms with Crippen molar-refractivity contribution in [2.24, 2.45) is 0 Å². The molecule has 1 aromatic rings. The molecule has 0 radical (unpaired) electrons. The van der Waals surface area contributed by atoms with Crippen molar-refractivity contribution in [1.29, 1.82) is 0 Å². The van der Waals surface area contributed by atoms with Crippen LogP contribution in [0.15, 0.2) is 12.3 Å². The first-order valence-electron chi connectivity index (χ1n) is 8.99. The quantitative estimate of drug-likeness (QED) is 0.791. The topological polar surface area (TPSA) is 62.7 Å². The van der Waals surface area contributed by atoms with Crippen LogP contribution in [-0.4, -0.2) is 65.5 Å². The summed E-state index contributed by atoms with van der Waals surface area (Å²) in [6, 6.07) is 1.86. The highest BCUT2D eigenvalue weighted by Crippen LogP contribution is 2.19. The molecule has 2 amide bonds. The zero-order chi connectivity index (χ0) is 18.6.